The predicted octanol–water partition coefficient (Wildman–Crippen LogP) is 2.97. The number of nitrogens with zero attached hydrogens (tertiary/aromatic N) is 5. The van der Waals surface area contributed by atoms with E-state index in [1.165, 1.54) is 4.80 Å². The highest BCUT2D eigenvalue weighted by atomic mass is 16.5. The van der Waals surface area contributed by atoms with Crippen LogP contribution in [0.1, 0.15) is 36.5 Å². The minimum Gasteiger partial charge on any atom is -0.464 e. The van der Waals surface area contributed by atoms with Crippen molar-refractivity contribution in [2.75, 3.05) is 13.2 Å². The Morgan fingerprint density at radius 1 is 1.06 bits per heavy atom. The van der Waals surface area contributed by atoms with E-state index in [9.17, 15) is 9.59 Å². The maximum atomic E-state index is 12.9. The van der Waals surface area contributed by atoms with Crippen LogP contribution in [0, 0.1) is 0 Å². The van der Waals surface area contributed by atoms with Crippen LogP contribution < -0.4 is 0 Å². The number of amides is 1. The zero-order chi connectivity index (χ0) is 21.7. The van der Waals surface area contributed by atoms with Crippen molar-refractivity contribution in [3.8, 4) is 11.4 Å². The second-order valence-corrected chi connectivity index (χ2v) is 7.76. The van der Waals surface area contributed by atoms with Crippen LogP contribution in [0.3, 0.4) is 0 Å². The fourth-order valence-electron chi connectivity index (χ4n) is 3.80. The van der Waals surface area contributed by atoms with Crippen LogP contribution in [0.2, 0.25) is 0 Å². The summed E-state index contributed by atoms with van der Waals surface area (Å²) in [6, 6.07) is 18.7. The van der Waals surface area contributed by atoms with Gasteiger partial charge in [-0.25, -0.2) is 4.79 Å². The molecule has 1 fully saturated rings. The number of rotatable bonds is 7. The van der Waals surface area contributed by atoms with Crippen molar-refractivity contribution in [3.05, 3.63) is 66.2 Å². The van der Waals surface area contributed by atoms with Gasteiger partial charge in [0.2, 0.25) is 5.82 Å². The van der Waals surface area contributed by atoms with Gasteiger partial charge in [0.15, 0.2) is 0 Å². The van der Waals surface area contributed by atoms with Crippen molar-refractivity contribution in [1.29, 1.82) is 0 Å². The second-order valence-electron chi connectivity index (χ2n) is 7.76. The summed E-state index contributed by atoms with van der Waals surface area (Å²) in [5.41, 5.74) is 0.534. The fourth-order valence-corrected chi connectivity index (χ4v) is 3.80. The lowest BCUT2D eigenvalue weighted by Gasteiger charge is -2.33. The average Bonchev–Trinajstić information content (AvgIpc) is 3.45. The molecule has 3 aromatic rings. The molecule has 2 heterocycles. The number of likely N-dealkylation sites (tertiary alicyclic amines) is 1. The Morgan fingerprint density at radius 3 is 2.52 bits per heavy atom. The highest BCUT2D eigenvalue weighted by Crippen LogP contribution is 2.31. The molecule has 0 radical (unpaired) electrons. The summed E-state index contributed by atoms with van der Waals surface area (Å²) in [6.45, 7) is 3.04. The summed E-state index contributed by atoms with van der Waals surface area (Å²) in [7, 11) is 0. The summed E-state index contributed by atoms with van der Waals surface area (Å²) in [5, 5.41) is 12.5. The fraction of sp³-hybridized carbons (Fsp3) is 0.348. The topological polar surface area (TPSA) is 90.2 Å². The molecule has 0 spiro atoms. The molecule has 1 amide bonds. The van der Waals surface area contributed by atoms with E-state index in [1.54, 1.807) is 24.0 Å². The van der Waals surface area contributed by atoms with E-state index in [1.807, 2.05) is 48.5 Å². The Kier molecular flexibility index (Phi) is 6.06. The molecule has 1 atom stereocenters. The molecule has 0 N–H and O–H groups in total. The number of esters is 1. The maximum Gasteiger partial charge on any atom is 0.331 e. The molecule has 1 aliphatic heterocycles. The second kappa shape index (κ2) is 9.07. The summed E-state index contributed by atoms with van der Waals surface area (Å²) in [4.78, 5) is 28.9. The first kappa shape index (κ1) is 20.7. The Labute approximate surface area is 180 Å². The van der Waals surface area contributed by atoms with Gasteiger partial charge in [-0.05, 0) is 37.1 Å². The maximum absolute atomic E-state index is 12.9. The van der Waals surface area contributed by atoms with Gasteiger partial charge < -0.3 is 9.64 Å². The van der Waals surface area contributed by atoms with Crippen LogP contribution in [-0.4, -0.2) is 55.7 Å². The van der Waals surface area contributed by atoms with Crippen molar-refractivity contribution in [3.63, 3.8) is 0 Å². The van der Waals surface area contributed by atoms with Gasteiger partial charge in [-0.15, -0.1) is 10.2 Å². The molecule has 0 saturated carbocycles. The van der Waals surface area contributed by atoms with Crippen molar-refractivity contribution >= 4 is 11.9 Å². The molecule has 4 rings (SSSR count). The third kappa shape index (κ3) is 4.47. The molecule has 1 saturated heterocycles. The van der Waals surface area contributed by atoms with Crippen molar-refractivity contribution in [2.24, 2.45) is 0 Å². The highest BCUT2D eigenvalue weighted by molar-refractivity contribution is 5.98. The summed E-state index contributed by atoms with van der Waals surface area (Å²) in [5.74, 6) is 0.0507. The van der Waals surface area contributed by atoms with Crippen molar-refractivity contribution < 1.29 is 14.3 Å². The van der Waals surface area contributed by atoms with Gasteiger partial charge in [0, 0.05) is 24.1 Å². The van der Waals surface area contributed by atoms with Crippen LogP contribution in [0.5, 0.6) is 0 Å². The number of ether oxygens (including phenoxy) is 1. The normalized spacial score (nSPS) is 18.2. The Hall–Kier alpha value is -3.55. The largest absolute Gasteiger partial charge is 0.464 e. The minimum absolute atomic E-state index is 0.141. The number of aromatic nitrogens is 4. The number of hydrogen-bond acceptors (Lipinski definition) is 6. The van der Waals surface area contributed by atoms with Crippen LogP contribution in [-0.2, 0) is 16.1 Å². The summed E-state index contributed by atoms with van der Waals surface area (Å²) < 4.78 is 5.54. The van der Waals surface area contributed by atoms with Crippen LogP contribution >= 0.6 is 0 Å². The average molecular weight is 419 g/mol. The highest BCUT2D eigenvalue weighted by Gasteiger charge is 2.47. The zero-order valence-corrected chi connectivity index (χ0v) is 17.5. The quantitative estimate of drug-likeness (QED) is 0.432. The lowest BCUT2D eigenvalue weighted by molar-refractivity contribution is -0.154. The first-order chi connectivity index (χ1) is 15.1. The Balaban J connectivity index is 1.30. The molecule has 8 heteroatoms. The number of carbonyl (C=O) groups excluding carboxylic acids is 2. The lowest BCUT2D eigenvalue weighted by Crippen LogP contribution is -2.51. The minimum atomic E-state index is -0.946. The van der Waals surface area contributed by atoms with E-state index in [-0.39, 0.29) is 18.5 Å². The van der Waals surface area contributed by atoms with Gasteiger partial charge in [0.05, 0.1) is 13.2 Å². The van der Waals surface area contributed by atoms with Gasteiger partial charge in [-0.2, -0.15) is 4.80 Å². The van der Waals surface area contributed by atoms with Gasteiger partial charge in [0.25, 0.3) is 5.91 Å². The summed E-state index contributed by atoms with van der Waals surface area (Å²) >= 11 is 0. The molecular formula is C23H25N5O3. The SMILES string of the molecule is CC1(C(=O)OCCCn2nnc(-c3ccccc3)n2)CCCN1C(=O)c1ccccc1. The molecule has 31 heavy (non-hydrogen) atoms. The molecule has 8 nitrogen and oxygen atoms in total. The van der Waals surface area contributed by atoms with E-state index in [2.05, 4.69) is 15.4 Å². The Morgan fingerprint density at radius 2 is 1.77 bits per heavy atom. The van der Waals surface area contributed by atoms with Crippen molar-refractivity contribution in [2.45, 2.75) is 38.3 Å². The van der Waals surface area contributed by atoms with Gasteiger partial charge in [-0.1, -0.05) is 48.5 Å². The van der Waals surface area contributed by atoms with E-state index in [0.717, 1.165) is 12.0 Å². The zero-order valence-electron chi connectivity index (χ0n) is 17.5. The van der Waals surface area contributed by atoms with Crippen LogP contribution in [0.15, 0.2) is 60.7 Å². The molecule has 160 valence electrons. The van der Waals surface area contributed by atoms with Crippen LogP contribution in [0.25, 0.3) is 11.4 Å². The van der Waals surface area contributed by atoms with Crippen LogP contribution in [0.4, 0.5) is 0 Å². The third-order valence-corrected chi connectivity index (χ3v) is 5.57. The Bertz CT molecular complexity index is 1040. The molecule has 2 aromatic carbocycles. The van der Waals surface area contributed by atoms with Crippen molar-refractivity contribution in [1.82, 2.24) is 25.1 Å². The number of carbonyl (C=O) groups is 2. The number of hydrogen-bond donors (Lipinski definition) is 0. The molecular weight excluding hydrogens is 394 g/mol. The first-order valence-corrected chi connectivity index (χ1v) is 10.5. The number of tetrazole rings is 1. The number of benzene rings is 2. The standard InChI is InChI=1S/C23H25N5O3/c1-23(14-8-15-27(23)21(29)19-12-6-3-7-13-19)22(30)31-17-9-16-28-25-20(24-26-28)18-10-4-2-5-11-18/h2-7,10-13H,8-9,14-17H2,1H3. The third-order valence-electron chi connectivity index (χ3n) is 5.57. The number of aryl methyl sites for hydroxylation is 1. The van der Waals surface area contributed by atoms with Gasteiger partial charge in [0.1, 0.15) is 5.54 Å². The summed E-state index contributed by atoms with van der Waals surface area (Å²) in [6.07, 6.45) is 1.92. The van der Waals surface area contributed by atoms with Gasteiger partial charge in [-0.3, -0.25) is 4.79 Å². The van der Waals surface area contributed by atoms with Gasteiger partial charge >= 0.3 is 5.97 Å². The molecule has 1 aromatic heterocycles. The molecule has 0 bridgehead atoms. The van der Waals surface area contributed by atoms with E-state index >= 15 is 0 Å². The van der Waals surface area contributed by atoms with E-state index in [4.69, 9.17) is 4.74 Å². The molecule has 1 unspecified atom stereocenters. The monoisotopic (exact) mass is 419 g/mol. The predicted molar refractivity (Wildman–Crippen MR) is 114 cm³/mol. The van der Waals surface area contributed by atoms with E-state index in [0.29, 0.717) is 37.3 Å². The van der Waals surface area contributed by atoms with E-state index < -0.39 is 5.54 Å². The molecule has 0 aliphatic carbocycles. The molecule has 1 aliphatic rings. The smallest absolute Gasteiger partial charge is 0.331 e. The first-order valence-electron chi connectivity index (χ1n) is 10.5. The lowest BCUT2D eigenvalue weighted by atomic mass is 9.98.